The number of hydrogen-bond donors (Lipinski definition) is 1. The molecule has 1 atom stereocenters. The minimum Gasteiger partial charge on any atom is -0.484 e. The van der Waals surface area contributed by atoms with Gasteiger partial charge in [-0.15, -0.1) is 0 Å². The Morgan fingerprint density at radius 3 is 2.94 bits per heavy atom. The van der Waals surface area contributed by atoms with Crippen LogP contribution in [0.1, 0.15) is 36.8 Å². The summed E-state index contributed by atoms with van der Waals surface area (Å²) in [5.74, 6) is 1.40. The second kappa shape index (κ2) is 8.22. The normalized spacial score (nSPS) is 17.9. The molecule has 2 aliphatic rings. The zero-order valence-corrected chi connectivity index (χ0v) is 16.9. The lowest BCUT2D eigenvalue weighted by atomic mass is 10.0. The smallest absolute Gasteiger partial charge is 0.261 e. The van der Waals surface area contributed by atoms with E-state index < -0.39 is 0 Å². The molecule has 0 unspecified atom stereocenters. The lowest BCUT2D eigenvalue weighted by Crippen LogP contribution is -2.41. The van der Waals surface area contributed by atoms with Gasteiger partial charge >= 0.3 is 0 Å². The fourth-order valence-corrected chi connectivity index (χ4v) is 4.07. The number of benzene rings is 2. The van der Waals surface area contributed by atoms with Crippen LogP contribution < -0.4 is 10.1 Å². The number of nitrogens with one attached hydrogen (secondary N) is 1. The van der Waals surface area contributed by atoms with Crippen molar-refractivity contribution >= 4 is 17.5 Å². The zero-order valence-electron chi connectivity index (χ0n) is 16.9. The fraction of sp³-hybridized carbons (Fsp3) is 0.304. The van der Waals surface area contributed by atoms with Crippen molar-refractivity contribution in [3.8, 4) is 17.1 Å². The highest BCUT2D eigenvalue weighted by atomic mass is 16.5. The Hall–Kier alpha value is -3.68. The fourth-order valence-electron chi connectivity index (χ4n) is 4.07. The van der Waals surface area contributed by atoms with Crippen LogP contribution in [0.5, 0.6) is 5.75 Å². The third kappa shape index (κ3) is 4.01. The van der Waals surface area contributed by atoms with Crippen LogP contribution >= 0.6 is 0 Å². The van der Waals surface area contributed by atoms with Crippen LogP contribution in [0.4, 0.5) is 5.69 Å². The third-order valence-electron chi connectivity index (χ3n) is 5.65. The van der Waals surface area contributed by atoms with E-state index in [9.17, 15) is 9.59 Å². The van der Waals surface area contributed by atoms with E-state index in [-0.39, 0.29) is 24.5 Å². The highest BCUT2D eigenvalue weighted by Crippen LogP contribution is 2.33. The van der Waals surface area contributed by atoms with Crippen LogP contribution in [0.15, 0.2) is 53.1 Å². The van der Waals surface area contributed by atoms with Gasteiger partial charge in [0.1, 0.15) is 11.8 Å². The summed E-state index contributed by atoms with van der Waals surface area (Å²) in [5.41, 5.74) is 2.50. The molecule has 2 aromatic carbocycles. The summed E-state index contributed by atoms with van der Waals surface area (Å²) < 4.78 is 11.2. The third-order valence-corrected chi connectivity index (χ3v) is 5.65. The number of anilines is 1. The van der Waals surface area contributed by atoms with Crippen molar-refractivity contribution in [2.24, 2.45) is 0 Å². The predicted molar refractivity (Wildman–Crippen MR) is 112 cm³/mol. The Morgan fingerprint density at radius 2 is 2.06 bits per heavy atom. The van der Waals surface area contributed by atoms with Crippen molar-refractivity contribution in [2.75, 3.05) is 18.5 Å². The van der Waals surface area contributed by atoms with Gasteiger partial charge in [-0.1, -0.05) is 35.5 Å². The SMILES string of the molecule is O=C1Cc2ccc(-c3noc([C@H]4CCCCN4C(=O)COc4ccccc4)n3)cc2N1. The quantitative estimate of drug-likeness (QED) is 0.682. The molecule has 0 bridgehead atoms. The van der Waals surface area contributed by atoms with E-state index >= 15 is 0 Å². The van der Waals surface area contributed by atoms with E-state index in [1.54, 1.807) is 4.90 Å². The summed E-state index contributed by atoms with van der Waals surface area (Å²) in [6, 6.07) is 14.7. The Bertz CT molecular complexity index is 1110. The van der Waals surface area contributed by atoms with Crippen LogP contribution in [0.2, 0.25) is 0 Å². The van der Waals surface area contributed by atoms with E-state index in [2.05, 4.69) is 15.5 Å². The predicted octanol–water partition coefficient (Wildman–Crippen LogP) is 3.36. The van der Waals surface area contributed by atoms with Crippen LogP contribution in [-0.2, 0) is 16.0 Å². The lowest BCUT2D eigenvalue weighted by Gasteiger charge is -2.33. The number of para-hydroxylation sites is 1. The number of fused-ring (bicyclic) bond motifs is 1. The van der Waals surface area contributed by atoms with Crippen molar-refractivity contribution < 1.29 is 18.8 Å². The number of amides is 2. The first-order valence-electron chi connectivity index (χ1n) is 10.4. The first-order chi connectivity index (χ1) is 15.2. The number of aromatic nitrogens is 2. The Balaban J connectivity index is 1.32. The standard InChI is InChI=1S/C23H22N4O4/c28-20-13-15-9-10-16(12-18(15)24-20)22-25-23(31-26-22)19-8-4-5-11-27(19)21(29)14-30-17-6-2-1-3-7-17/h1-3,6-7,9-10,12,19H,4-5,8,11,13-14H2,(H,24,28)/t19-/m1/s1. The molecule has 158 valence electrons. The molecule has 2 amide bonds. The number of rotatable bonds is 5. The van der Waals surface area contributed by atoms with Gasteiger partial charge in [0.15, 0.2) is 6.61 Å². The molecule has 0 spiro atoms. The number of likely N-dealkylation sites (tertiary alicyclic amines) is 1. The molecule has 0 aliphatic carbocycles. The highest BCUT2D eigenvalue weighted by Gasteiger charge is 2.32. The topological polar surface area (TPSA) is 97.6 Å². The summed E-state index contributed by atoms with van der Waals surface area (Å²) in [6.45, 7) is 0.594. The highest BCUT2D eigenvalue weighted by molar-refractivity contribution is 5.99. The van der Waals surface area contributed by atoms with Crippen molar-refractivity contribution in [1.82, 2.24) is 15.0 Å². The zero-order chi connectivity index (χ0) is 21.2. The van der Waals surface area contributed by atoms with Crippen LogP contribution in [0.3, 0.4) is 0 Å². The van der Waals surface area contributed by atoms with Gasteiger partial charge in [-0.3, -0.25) is 9.59 Å². The molecule has 8 heteroatoms. The van der Waals surface area contributed by atoms with E-state index in [0.717, 1.165) is 36.1 Å². The van der Waals surface area contributed by atoms with E-state index in [1.165, 1.54) is 0 Å². The van der Waals surface area contributed by atoms with Gasteiger partial charge in [-0.05, 0) is 43.0 Å². The number of hydrogen-bond acceptors (Lipinski definition) is 6. The summed E-state index contributed by atoms with van der Waals surface area (Å²) in [6.07, 6.45) is 3.06. The maximum Gasteiger partial charge on any atom is 0.261 e. The monoisotopic (exact) mass is 418 g/mol. The molecule has 1 saturated heterocycles. The van der Waals surface area contributed by atoms with E-state index in [0.29, 0.717) is 30.4 Å². The first-order valence-corrected chi connectivity index (χ1v) is 10.4. The van der Waals surface area contributed by atoms with Gasteiger partial charge in [0.05, 0.1) is 6.42 Å². The summed E-state index contributed by atoms with van der Waals surface area (Å²) in [5, 5.41) is 6.96. The summed E-state index contributed by atoms with van der Waals surface area (Å²) >= 11 is 0. The van der Waals surface area contributed by atoms with Crippen molar-refractivity contribution in [3.63, 3.8) is 0 Å². The Morgan fingerprint density at radius 1 is 1.19 bits per heavy atom. The summed E-state index contributed by atoms with van der Waals surface area (Å²) in [7, 11) is 0. The van der Waals surface area contributed by atoms with Gasteiger partial charge < -0.3 is 19.5 Å². The van der Waals surface area contributed by atoms with Gasteiger partial charge in [-0.25, -0.2) is 0 Å². The van der Waals surface area contributed by atoms with Crippen LogP contribution in [0, 0.1) is 0 Å². The Labute approximate surface area is 179 Å². The van der Waals surface area contributed by atoms with Crippen molar-refractivity contribution in [1.29, 1.82) is 0 Å². The molecule has 2 aliphatic heterocycles. The molecular weight excluding hydrogens is 396 g/mol. The van der Waals surface area contributed by atoms with Gasteiger partial charge in [-0.2, -0.15) is 4.98 Å². The molecule has 0 radical (unpaired) electrons. The van der Waals surface area contributed by atoms with E-state index in [4.69, 9.17) is 9.26 Å². The number of ether oxygens (including phenoxy) is 1. The van der Waals surface area contributed by atoms with Crippen LogP contribution in [0.25, 0.3) is 11.4 Å². The molecule has 3 heterocycles. The van der Waals surface area contributed by atoms with Gasteiger partial charge in [0.25, 0.3) is 5.91 Å². The number of carbonyl (C=O) groups excluding carboxylic acids is 2. The number of piperidine rings is 1. The maximum absolute atomic E-state index is 12.9. The molecule has 0 saturated carbocycles. The molecule has 3 aromatic rings. The van der Waals surface area contributed by atoms with Crippen molar-refractivity contribution in [2.45, 2.75) is 31.7 Å². The molecule has 8 nitrogen and oxygen atoms in total. The largest absolute Gasteiger partial charge is 0.484 e. The first kappa shape index (κ1) is 19.3. The van der Waals surface area contributed by atoms with Crippen molar-refractivity contribution in [3.05, 3.63) is 60.0 Å². The van der Waals surface area contributed by atoms with Gasteiger partial charge in [0, 0.05) is 17.8 Å². The van der Waals surface area contributed by atoms with Gasteiger partial charge in [0.2, 0.25) is 17.6 Å². The second-order valence-electron chi connectivity index (χ2n) is 7.75. The average Bonchev–Trinajstić information content (AvgIpc) is 3.43. The Kier molecular flexibility index (Phi) is 5.11. The lowest BCUT2D eigenvalue weighted by molar-refractivity contribution is -0.138. The molecule has 1 N–H and O–H groups in total. The minimum absolute atomic E-state index is 0.0185. The number of carbonyl (C=O) groups is 2. The maximum atomic E-state index is 12.9. The van der Waals surface area contributed by atoms with Crippen LogP contribution in [-0.4, -0.2) is 40.0 Å². The average molecular weight is 418 g/mol. The van der Waals surface area contributed by atoms with E-state index in [1.807, 2.05) is 48.5 Å². The number of nitrogens with zero attached hydrogens (tertiary/aromatic N) is 3. The molecule has 1 aromatic heterocycles. The molecule has 5 rings (SSSR count). The summed E-state index contributed by atoms with van der Waals surface area (Å²) in [4.78, 5) is 30.8. The molecule has 1 fully saturated rings. The molecular formula is C23H22N4O4. The second-order valence-corrected chi connectivity index (χ2v) is 7.75. The molecule has 31 heavy (non-hydrogen) atoms. The minimum atomic E-state index is -0.268.